The molecule has 0 atom stereocenters. The van der Waals surface area contributed by atoms with Gasteiger partial charge in [0, 0.05) is 18.7 Å². The average molecular weight is 316 g/mol. The summed E-state index contributed by atoms with van der Waals surface area (Å²) < 4.78 is 10.3. The lowest BCUT2D eigenvalue weighted by molar-refractivity contribution is 0.0371. The molecule has 1 aromatic carbocycles. The molecule has 18 heavy (non-hydrogen) atoms. The second-order valence-corrected chi connectivity index (χ2v) is 4.04. The van der Waals surface area contributed by atoms with Gasteiger partial charge >= 0.3 is 0 Å². The number of ether oxygens (including phenoxy) is 2. The van der Waals surface area contributed by atoms with Gasteiger partial charge in [0.05, 0.1) is 26.9 Å². The molecule has 0 spiro atoms. The van der Waals surface area contributed by atoms with Crippen LogP contribution in [0.1, 0.15) is 10.4 Å². The van der Waals surface area contributed by atoms with Gasteiger partial charge in [0.1, 0.15) is 5.75 Å². The van der Waals surface area contributed by atoms with Crippen LogP contribution in [-0.2, 0) is 4.74 Å². The van der Waals surface area contributed by atoms with Crippen molar-refractivity contribution in [1.29, 1.82) is 0 Å². The first-order valence-electron chi connectivity index (χ1n) is 5.77. The lowest BCUT2D eigenvalue weighted by Crippen LogP contribution is -2.39. The normalized spacial score (nSPS) is 15.8. The van der Waals surface area contributed by atoms with Gasteiger partial charge in [0.2, 0.25) is 0 Å². The van der Waals surface area contributed by atoms with Crippen molar-refractivity contribution in [2.24, 2.45) is 0 Å². The monoisotopic (exact) mass is 315 g/mol. The molecule has 1 fully saturated rings. The van der Waals surface area contributed by atoms with Crippen LogP contribution in [0.25, 0.3) is 0 Å². The van der Waals surface area contributed by atoms with Crippen LogP contribution in [0.2, 0.25) is 0 Å². The quantitative estimate of drug-likeness (QED) is 0.794. The zero-order valence-corrected chi connectivity index (χ0v) is 12.1. The Morgan fingerprint density at radius 1 is 1.28 bits per heavy atom. The summed E-state index contributed by atoms with van der Waals surface area (Å²) in [7, 11) is 1.62. The van der Waals surface area contributed by atoms with Gasteiger partial charge in [-0.05, 0) is 24.3 Å². The number of methoxy groups -OCH3 is 1. The molecule has 0 radical (unpaired) electrons. The SMILES string of the molecule is Br.COc1ccc(C(=O)CN2CCOCC2)cc1. The van der Waals surface area contributed by atoms with E-state index in [0.717, 1.165) is 37.6 Å². The van der Waals surface area contributed by atoms with Crippen LogP contribution in [0.3, 0.4) is 0 Å². The third-order valence-electron chi connectivity index (χ3n) is 2.88. The minimum Gasteiger partial charge on any atom is -0.497 e. The summed E-state index contributed by atoms with van der Waals surface area (Å²) in [6, 6.07) is 7.24. The Bertz CT molecular complexity index is 374. The third kappa shape index (κ3) is 4.08. The van der Waals surface area contributed by atoms with E-state index in [-0.39, 0.29) is 22.8 Å². The first kappa shape index (κ1) is 15.1. The molecular weight excluding hydrogens is 298 g/mol. The van der Waals surface area contributed by atoms with E-state index >= 15 is 0 Å². The number of morpholine rings is 1. The van der Waals surface area contributed by atoms with Crippen molar-refractivity contribution < 1.29 is 14.3 Å². The topological polar surface area (TPSA) is 38.8 Å². The molecule has 1 saturated heterocycles. The summed E-state index contributed by atoms with van der Waals surface area (Å²) in [5.41, 5.74) is 0.734. The Morgan fingerprint density at radius 2 is 1.89 bits per heavy atom. The van der Waals surface area contributed by atoms with Crippen LogP contribution in [0.4, 0.5) is 0 Å². The summed E-state index contributed by atoms with van der Waals surface area (Å²) in [5, 5.41) is 0. The first-order valence-corrected chi connectivity index (χ1v) is 5.77. The fourth-order valence-corrected chi connectivity index (χ4v) is 1.83. The van der Waals surface area contributed by atoms with Crippen LogP contribution in [-0.4, -0.2) is 50.6 Å². The minimum atomic E-state index is 0. The number of halogens is 1. The van der Waals surface area contributed by atoms with Crippen LogP contribution >= 0.6 is 17.0 Å². The van der Waals surface area contributed by atoms with Gasteiger partial charge in [-0.3, -0.25) is 9.69 Å². The molecule has 1 aromatic rings. The van der Waals surface area contributed by atoms with Crippen LogP contribution in [0.5, 0.6) is 5.75 Å². The number of benzene rings is 1. The van der Waals surface area contributed by atoms with E-state index in [4.69, 9.17) is 9.47 Å². The van der Waals surface area contributed by atoms with Gasteiger partial charge in [-0.25, -0.2) is 0 Å². The van der Waals surface area contributed by atoms with Crippen LogP contribution < -0.4 is 4.74 Å². The van der Waals surface area contributed by atoms with Crippen molar-refractivity contribution in [2.45, 2.75) is 0 Å². The molecule has 0 unspecified atom stereocenters. The summed E-state index contributed by atoms with van der Waals surface area (Å²) in [5.74, 6) is 0.919. The number of ketones is 1. The van der Waals surface area contributed by atoms with E-state index in [1.807, 2.05) is 24.3 Å². The highest BCUT2D eigenvalue weighted by atomic mass is 79.9. The molecule has 0 amide bonds. The fraction of sp³-hybridized carbons (Fsp3) is 0.462. The standard InChI is InChI=1S/C13H17NO3.BrH/c1-16-12-4-2-11(3-5-12)13(15)10-14-6-8-17-9-7-14;/h2-5H,6-10H2,1H3;1H. The second-order valence-electron chi connectivity index (χ2n) is 4.04. The Hall–Kier alpha value is -0.910. The predicted octanol–water partition coefficient (Wildman–Crippen LogP) is 1.79. The van der Waals surface area contributed by atoms with Gasteiger partial charge in [0.15, 0.2) is 5.78 Å². The molecule has 0 bridgehead atoms. The number of Topliss-reactive ketones (excluding diaryl/α,β-unsaturated/α-hetero) is 1. The van der Waals surface area contributed by atoms with Crippen molar-refractivity contribution in [1.82, 2.24) is 4.90 Å². The van der Waals surface area contributed by atoms with Gasteiger partial charge in [0.25, 0.3) is 0 Å². The van der Waals surface area contributed by atoms with Gasteiger partial charge in [-0.1, -0.05) is 0 Å². The average Bonchev–Trinajstić information content (AvgIpc) is 2.40. The van der Waals surface area contributed by atoms with E-state index in [1.54, 1.807) is 7.11 Å². The molecular formula is C13H18BrNO3. The highest BCUT2D eigenvalue weighted by Crippen LogP contribution is 2.12. The largest absolute Gasteiger partial charge is 0.497 e. The second kappa shape index (κ2) is 7.51. The van der Waals surface area contributed by atoms with E-state index in [9.17, 15) is 4.79 Å². The lowest BCUT2D eigenvalue weighted by Gasteiger charge is -2.25. The van der Waals surface area contributed by atoms with E-state index < -0.39 is 0 Å². The van der Waals surface area contributed by atoms with E-state index in [2.05, 4.69) is 4.90 Å². The maximum Gasteiger partial charge on any atom is 0.176 e. The molecule has 0 N–H and O–H groups in total. The summed E-state index contributed by atoms with van der Waals surface area (Å²) in [6.07, 6.45) is 0. The number of hydrogen-bond donors (Lipinski definition) is 0. The van der Waals surface area contributed by atoms with E-state index in [0.29, 0.717) is 6.54 Å². The fourth-order valence-electron chi connectivity index (χ4n) is 1.83. The summed E-state index contributed by atoms with van der Waals surface area (Å²) in [6.45, 7) is 3.57. The number of rotatable bonds is 4. The molecule has 0 aliphatic carbocycles. The third-order valence-corrected chi connectivity index (χ3v) is 2.88. The van der Waals surface area contributed by atoms with Crippen LogP contribution in [0, 0.1) is 0 Å². The molecule has 100 valence electrons. The van der Waals surface area contributed by atoms with Crippen LogP contribution in [0.15, 0.2) is 24.3 Å². The van der Waals surface area contributed by atoms with Gasteiger partial charge in [-0.2, -0.15) is 0 Å². The predicted molar refractivity (Wildman–Crippen MR) is 74.9 cm³/mol. The number of carbonyl (C=O) groups is 1. The Morgan fingerprint density at radius 3 is 2.44 bits per heavy atom. The smallest absolute Gasteiger partial charge is 0.176 e. The Balaban J connectivity index is 0.00000162. The first-order chi connectivity index (χ1) is 8.29. The zero-order chi connectivity index (χ0) is 12.1. The molecule has 1 aliphatic heterocycles. The van der Waals surface area contributed by atoms with Crippen molar-refractivity contribution >= 4 is 22.8 Å². The number of nitrogens with zero attached hydrogens (tertiary/aromatic N) is 1. The molecule has 5 heteroatoms. The highest BCUT2D eigenvalue weighted by Gasteiger charge is 2.15. The molecule has 0 aromatic heterocycles. The number of carbonyl (C=O) groups excluding carboxylic acids is 1. The van der Waals surface area contributed by atoms with Crippen molar-refractivity contribution in [3.63, 3.8) is 0 Å². The van der Waals surface area contributed by atoms with Gasteiger partial charge < -0.3 is 9.47 Å². The molecule has 2 rings (SSSR count). The Labute approximate surface area is 118 Å². The Kier molecular flexibility index (Phi) is 6.32. The zero-order valence-electron chi connectivity index (χ0n) is 10.4. The van der Waals surface area contributed by atoms with Gasteiger partial charge in [-0.15, -0.1) is 17.0 Å². The van der Waals surface area contributed by atoms with Crippen molar-refractivity contribution in [3.8, 4) is 5.75 Å². The molecule has 4 nitrogen and oxygen atoms in total. The van der Waals surface area contributed by atoms with Crippen molar-refractivity contribution in [3.05, 3.63) is 29.8 Å². The van der Waals surface area contributed by atoms with E-state index in [1.165, 1.54) is 0 Å². The highest BCUT2D eigenvalue weighted by molar-refractivity contribution is 8.93. The molecule has 1 aliphatic rings. The molecule has 0 saturated carbocycles. The maximum atomic E-state index is 12.0. The number of hydrogen-bond acceptors (Lipinski definition) is 4. The maximum absolute atomic E-state index is 12.0. The summed E-state index contributed by atoms with van der Waals surface area (Å²) >= 11 is 0. The molecule has 1 heterocycles. The van der Waals surface area contributed by atoms with Crippen molar-refractivity contribution in [2.75, 3.05) is 40.0 Å². The summed E-state index contributed by atoms with van der Waals surface area (Å²) in [4.78, 5) is 14.1. The minimum absolute atomic E-state index is 0. The lowest BCUT2D eigenvalue weighted by atomic mass is 10.1.